The number of nitrogens with one attached hydrogen (secondary N) is 1. The fraction of sp³-hybridized carbons (Fsp3) is 0.0667. The molecule has 3 heterocycles. The molecular weight excluding hydrogens is 314 g/mol. The minimum Gasteiger partial charge on any atom is -0.461 e. The third kappa shape index (κ3) is 2.71. The number of furan rings is 1. The molecule has 4 aromatic rings. The van der Waals surface area contributed by atoms with Crippen LogP contribution in [0.3, 0.4) is 0 Å². The molecule has 4 rings (SSSR count). The predicted molar refractivity (Wildman–Crippen MR) is 85.1 cm³/mol. The Morgan fingerprint density at radius 2 is 2.04 bits per heavy atom. The number of nitrogens with zero attached hydrogens (tertiary/aromatic N) is 4. The number of carbonyl (C=O) groups excluding carboxylic acids is 1. The van der Waals surface area contributed by atoms with Crippen LogP contribution in [-0.2, 0) is 11.2 Å². The molecule has 0 aliphatic heterocycles. The molecule has 1 N–H and O–H groups in total. The van der Waals surface area contributed by atoms with Crippen LogP contribution < -0.4 is 5.32 Å². The molecule has 7 nitrogen and oxygen atoms in total. The maximum Gasteiger partial charge on any atom is 0.236 e. The zero-order valence-corrected chi connectivity index (χ0v) is 12.7. The Morgan fingerprint density at radius 1 is 1.17 bits per heavy atom. The van der Waals surface area contributed by atoms with Gasteiger partial charge in [0.1, 0.15) is 0 Å². The molecule has 0 fully saturated rings. The van der Waals surface area contributed by atoms with Crippen molar-refractivity contribution in [1.29, 1.82) is 0 Å². The lowest BCUT2D eigenvalue weighted by Crippen LogP contribution is -2.14. The summed E-state index contributed by atoms with van der Waals surface area (Å²) in [7, 11) is 0. The van der Waals surface area contributed by atoms with Crippen molar-refractivity contribution in [3.8, 4) is 11.6 Å². The van der Waals surface area contributed by atoms with Gasteiger partial charge in [0.2, 0.25) is 21.8 Å². The summed E-state index contributed by atoms with van der Waals surface area (Å²) in [6.45, 7) is 0. The average molecular weight is 325 g/mol. The zero-order chi connectivity index (χ0) is 15.6. The first-order valence-corrected chi connectivity index (χ1v) is 7.71. The molecule has 0 saturated carbocycles. The SMILES string of the molecule is O=C(Cc1ccccc1)Nc1nn2c(-c3ccco3)nnc2s1. The molecule has 0 atom stereocenters. The van der Waals surface area contributed by atoms with Gasteiger partial charge in [-0.1, -0.05) is 41.7 Å². The lowest BCUT2D eigenvalue weighted by Gasteiger charge is -2.01. The standard InChI is InChI=1S/C15H11N5O2S/c21-12(9-10-5-2-1-3-6-10)16-14-19-20-13(11-7-4-8-22-11)17-18-15(20)23-14/h1-8H,9H2,(H,16,19,21). The van der Waals surface area contributed by atoms with Crippen LogP contribution in [0.2, 0.25) is 0 Å². The summed E-state index contributed by atoms with van der Waals surface area (Å²) in [4.78, 5) is 12.7. The van der Waals surface area contributed by atoms with Gasteiger partial charge in [0.15, 0.2) is 5.76 Å². The fourth-order valence-corrected chi connectivity index (χ4v) is 2.93. The van der Waals surface area contributed by atoms with Crippen LogP contribution >= 0.6 is 11.3 Å². The van der Waals surface area contributed by atoms with Gasteiger partial charge < -0.3 is 9.73 Å². The number of hydrogen-bond donors (Lipinski definition) is 1. The zero-order valence-electron chi connectivity index (χ0n) is 11.8. The van der Waals surface area contributed by atoms with E-state index in [-0.39, 0.29) is 5.91 Å². The summed E-state index contributed by atoms with van der Waals surface area (Å²) in [5.74, 6) is 0.954. The normalized spacial score (nSPS) is 11.0. The van der Waals surface area contributed by atoms with Gasteiger partial charge in [-0.05, 0) is 17.7 Å². The number of rotatable bonds is 4. The Bertz CT molecular complexity index is 943. The van der Waals surface area contributed by atoms with Crippen LogP contribution in [-0.4, -0.2) is 25.7 Å². The van der Waals surface area contributed by atoms with Crippen molar-refractivity contribution in [1.82, 2.24) is 19.8 Å². The van der Waals surface area contributed by atoms with Gasteiger partial charge in [0.05, 0.1) is 12.7 Å². The molecule has 114 valence electrons. The highest BCUT2D eigenvalue weighted by Crippen LogP contribution is 2.24. The summed E-state index contributed by atoms with van der Waals surface area (Å²) >= 11 is 1.26. The largest absolute Gasteiger partial charge is 0.461 e. The lowest BCUT2D eigenvalue weighted by molar-refractivity contribution is -0.115. The van der Waals surface area contributed by atoms with Crippen molar-refractivity contribution in [3.63, 3.8) is 0 Å². The molecule has 0 saturated heterocycles. The first-order valence-electron chi connectivity index (χ1n) is 6.89. The number of benzene rings is 1. The van der Waals surface area contributed by atoms with Crippen LogP contribution in [0, 0.1) is 0 Å². The van der Waals surface area contributed by atoms with Crippen LogP contribution in [0.15, 0.2) is 53.1 Å². The summed E-state index contributed by atoms with van der Waals surface area (Å²) in [5.41, 5.74) is 0.948. The lowest BCUT2D eigenvalue weighted by atomic mass is 10.1. The number of amides is 1. The van der Waals surface area contributed by atoms with Crippen LogP contribution in [0.1, 0.15) is 5.56 Å². The molecule has 3 aromatic heterocycles. The van der Waals surface area contributed by atoms with Gasteiger partial charge in [-0.15, -0.1) is 15.3 Å². The van der Waals surface area contributed by atoms with E-state index in [1.165, 1.54) is 11.3 Å². The predicted octanol–water partition coefficient (Wildman–Crippen LogP) is 2.63. The van der Waals surface area contributed by atoms with Gasteiger partial charge in [-0.2, -0.15) is 4.52 Å². The molecule has 1 aromatic carbocycles. The fourth-order valence-electron chi connectivity index (χ4n) is 2.17. The van der Waals surface area contributed by atoms with Gasteiger partial charge in [-0.25, -0.2) is 0 Å². The van der Waals surface area contributed by atoms with E-state index in [2.05, 4.69) is 20.6 Å². The van der Waals surface area contributed by atoms with Gasteiger partial charge >= 0.3 is 0 Å². The third-order valence-electron chi connectivity index (χ3n) is 3.19. The first-order chi connectivity index (χ1) is 11.3. The van der Waals surface area contributed by atoms with Crippen molar-refractivity contribution < 1.29 is 9.21 Å². The second-order valence-corrected chi connectivity index (χ2v) is 5.77. The second kappa shape index (κ2) is 5.65. The Labute approximate surface area is 134 Å². The quantitative estimate of drug-likeness (QED) is 0.623. The highest BCUT2D eigenvalue weighted by atomic mass is 32.1. The highest BCUT2D eigenvalue weighted by Gasteiger charge is 2.16. The molecular formula is C15H11N5O2S. The minimum absolute atomic E-state index is 0.124. The van der Waals surface area contributed by atoms with Crippen LogP contribution in [0.5, 0.6) is 0 Å². The number of hydrogen-bond acceptors (Lipinski definition) is 6. The number of carbonyl (C=O) groups is 1. The van der Waals surface area contributed by atoms with E-state index in [0.717, 1.165) is 5.56 Å². The summed E-state index contributed by atoms with van der Waals surface area (Å²) in [6, 6.07) is 13.1. The molecule has 1 amide bonds. The second-order valence-electron chi connectivity index (χ2n) is 4.81. The average Bonchev–Trinajstić information content (AvgIpc) is 3.24. The maximum atomic E-state index is 12.1. The van der Waals surface area contributed by atoms with Crippen molar-refractivity contribution in [3.05, 3.63) is 54.3 Å². The van der Waals surface area contributed by atoms with Crippen molar-refractivity contribution in [2.24, 2.45) is 0 Å². The van der Waals surface area contributed by atoms with Gasteiger partial charge in [-0.3, -0.25) is 4.79 Å². The van der Waals surface area contributed by atoms with E-state index in [4.69, 9.17) is 4.42 Å². The van der Waals surface area contributed by atoms with E-state index in [1.54, 1.807) is 22.9 Å². The number of aromatic nitrogens is 4. The molecule has 0 unspecified atom stereocenters. The third-order valence-corrected chi connectivity index (χ3v) is 4.00. The molecule has 23 heavy (non-hydrogen) atoms. The Balaban J connectivity index is 1.55. The Morgan fingerprint density at radius 3 is 2.83 bits per heavy atom. The van der Waals surface area contributed by atoms with Crippen molar-refractivity contribution >= 4 is 27.3 Å². The Kier molecular flexibility index (Phi) is 3.35. The van der Waals surface area contributed by atoms with E-state index in [0.29, 0.717) is 28.1 Å². The van der Waals surface area contributed by atoms with Gasteiger partial charge in [0, 0.05) is 0 Å². The molecule has 0 radical (unpaired) electrons. The van der Waals surface area contributed by atoms with E-state index >= 15 is 0 Å². The number of fused-ring (bicyclic) bond motifs is 1. The molecule has 0 aliphatic rings. The van der Waals surface area contributed by atoms with Gasteiger partial charge in [0.25, 0.3) is 0 Å². The number of anilines is 1. The Hall–Kier alpha value is -3.00. The monoisotopic (exact) mass is 325 g/mol. The minimum atomic E-state index is -0.124. The summed E-state index contributed by atoms with van der Waals surface area (Å²) in [5, 5.41) is 15.7. The topological polar surface area (TPSA) is 85.3 Å². The smallest absolute Gasteiger partial charge is 0.236 e. The van der Waals surface area contributed by atoms with Crippen LogP contribution in [0.4, 0.5) is 5.13 Å². The van der Waals surface area contributed by atoms with Crippen molar-refractivity contribution in [2.45, 2.75) is 6.42 Å². The first kappa shape index (κ1) is 13.6. The molecule has 0 aliphatic carbocycles. The molecule has 0 bridgehead atoms. The summed E-state index contributed by atoms with van der Waals surface area (Å²) in [6.07, 6.45) is 1.86. The summed E-state index contributed by atoms with van der Waals surface area (Å²) < 4.78 is 6.87. The highest BCUT2D eigenvalue weighted by molar-refractivity contribution is 7.20. The van der Waals surface area contributed by atoms with Crippen molar-refractivity contribution in [2.75, 3.05) is 5.32 Å². The van der Waals surface area contributed by atoms with Crippen LogP contribution in [0.25, 0.3) is 16.5 Å². The molecule has 0 spiro atoms. The molecule has 8 heteroatoms. The van der Waals surface area contributed by atoms with E-state index < -0.39 is 0 Å². The van der Waals surface area contributed by atoms with E-state index in [1.807, 2.05) is 30.3 Å². The van der Waals surface area contributed by atoms with E-state index in [9.17, 15) is 4.79 Å². The maximum absolute atomic E-state index is 12.1.